The van der Waals surface area contributed by atoms with Gasteiger partial charge in [0.1, 0.15) is 36.5 Å². The standard InChI is InChI=1S/C34H40N6O7/c1-20(2)35-34(42)47-25-13-10-23(16-25)27-18-31(38-37-27)36-33(41)28-17-29-26-6-5-7-30(45-19-22-8-11-24(43-4)12-9-22)32(26)21(3)44-14-15-46-40(29)39-28/h5-9,11-12,17-18,20-21,23,25H,10,13-16,19H2,1-4H3,(H,35,42)(H2,36,37,38,41)/t21?,23-,25+/m0/s1. The number of hydrogen-bond donors (Lipinski definition) is 3. The van der Waals surface area contributed by atoms with Crippen LogP contribution in [0.25, 0.3) is 11.3 Å². The summed E-state index contributed by atoms with van der Waals surface area (Å²) in [4.78, 5) is 32.7. The third kappa shape index (κ3) is 7.51. The number of alkyl carbamates (subject to hydrolysis) is 1. The van der Waals surface area contributed by atoms with Crippen LogP contribution in [-0.2, 0) is 16.1 Å². The van der Waals surface area contributed by atoms with Crippen LogP contribution in [0.1, 0.15) is 79.4 Å². The highest BCUT2D eigenvalue weighted by Gasteiger charge is 2.31. The van der Waals surface area contributed by atoms with Crippen LogP contribution in [-0.4, -0.2) is 64.6 Å². The normalized spacial score (nSPS) is 19.0. The van der Waals surface area contributed by atoms with E-state index in [1.165, 1.54) is 4.85 Å². The zero-order valence-corrected chi connectivity index (χ0v) is 26.9. The summed E-state index contributed by atoms with van der Waals surface area (Å²) in [6.45, 7) is 6.66. The number of fused-ring (bicyclic) bond motifs is 3. The summed E-state index contributed by atoms with van der Waals surface area (Å²) in [6.07, 6.45) is 1.40. The molecule has 1 aliphatic heterocycles. The fourth-order valence-corrected chi connectivity index (χ4v) is 5.92. The topological polar surface area (TPSA) is 151 Å². The van der Waals surface area contributed by atoms with Gasteiger partial charge < -0.3 is 34.4 Å². The lowest BCUT2D eigenvalue weighted by atomic mass is 9.99. The van der Waals surface area contributed by atoms with Crippen molar-refractivity contribution in [3.63, 3.8) is 0 Å². The number of anilines is 1. The van der Waals surface area contributed by atoms with E-state index in [1.54, 1.807) is 13.2 Å². The summed E-state index contributed by atoms with van der Waals surface area (Å²) in [5.41, 5.74) is 4.23. The molecule has 6 rings (SSSR count). The lowest BCUT2D eigenvalue weighted by Gasteiger charge is -2.20. The molecular formula is C34H40N6O7. The SMILES string of the molecule is COc1ccc(COc2cccc3c2C(C)OCCOn2nc(C(=O)Nc4cc([C@H]5CC[C@@H](OC(=O)NC(C)C)C5)[nH]n4)cc2-3)cc1. The summed E-state index contributed by atoms with van der Waals surface area (Å²) in [6, 6.07) is 17.0. The van der Waals surface area contributed by atoms with Gasteiger partial charge >= 0.3 is 6.09 Å². The van der Waals surface area contributed by atoms with Gasteiger partial charge in [-0.25, -0.2) is 4.79 Å². The lowest BCUT2D eigenvalue weighted by Crippen LogP contribution is -2.33. The zero-order valence-electron chi connectivity index (χ0n) is 26.9. The Balaban J connectivity index is 1.17. The summed E-state index contributed by atoms with van der Waals surface area (Å²) in [7, 11) is 1.63. The molecule has 4 aromatic rings. The van der Waals surface area contributed by atoms with E-state index in [0.29, 0.717) is 36.9 Å². The van der Waals surface area contributed by atoms with Crippen molar-refractivity contribution in [3.05, 3.63) is 77.1 Å². The Labute approximate surface area is 272 Å². The molecule has 1 unspecified atom stereocenters. The monoisotopic (exact) mass is 644 g/mol. The highest BCUT2D eigenvalue weighted by atomic mass is 16.7. The molecule has 0 bridgehead atoms. The first-order chi connectivity index (χ1) is 22.8. The quantitative estimate of drug-likeness (QED) is 0.217. The van der Waals surface area contributed by atoms with Crippen LogP contribution in [0.2, 0.25) is 0 Å². The molecule has 0 saturated heterocycles. The van der Waals surface area contributed by atoms with E-state index in [0.717, 1.165) is 41.0 Å². The van der Waals surface area contributed by atoms with Crippen molar-refractivity contribution in [3.8, 4) is 22.8 Å². The first-order valence-electron chi connectivity index (χ1n) is 15.8. The number of benzene rings is 2. The molecule has 0 radical (unpaired) electrons. The number of carbonyl (C=O) groups excluding carboxylic acids is 2. The molecule has 2 aliphatic rings. The van der Waals surface area contributed by atoms with Gasteiger partial charge in [0.15, 0.2) is 11.5 Å². The van der Waals surface area contributed by atoms with Crippen LogP contribution < -0.4 is 24.9 Å². The average Bonchev–Trinajstić information content (AvgIpc) is 3.82. The maximum Gasteiger partial charge on any atom is 0.407 e. The van der Waals surface area contributed by atoms with Crippen LogP contribution in [0.4, 0.5) is 10.6 Å². The minimum atomic E-state index is -0.431. The van der Waals surface area contributed by atoms with Gasteiger partial charge in [0.05, 0.1) is 19.8 Å². The molecule has 13 nitrogen and oxygen atoms in total. The molecule has 47 heavy (non-hydrogen) atoms. The number of methoxy groups -OCH3 is 1. The Kier molecular flexibility index (Phi) is 9.62. The highest BCUT2D eigenvalue weighted by Crippen LogP contribution is 2.39. The number of H-pyrrole nitrogens is 1. The molecule has 2 aromatic carbocycles. The minimum absolute atomic E-state index is 0.0128. The molecular weight excluding hydrogens is 604 g/mol. The Bertz CT molecular complexity index is 1700. The highest BCUT2D eigenvalue weighted by molar-refractivity contribution is 6.03. The number of aromatic amines is 1. The fourth-order valence-electron chi connectivity index (χ4n) is 5.92. The third-order valence-corrected chi connectivity index (χ3v) is 8.22. The zero-order chi connectivity index (χ0) is 32.9. The van der Waals surface area contributed by atoms with Crippen molar-refractivity contribution in [1.82, 2.24) is 25.5 Å². The van der Waals surface area contributed by atoms with Crippen LogP contribution >= 0.6 is 0 Å². The number of amides is 2. The van der Waals surface area contributed by atoms with E-state index >= 15 is 0 Å². The summed E-state index contributed by atoms with van der Waals surface area (Å²) in [5.74, 6) is 1.52. The first kappa shape index (κ1) is 31.9. The van der Waals surface area contributed by atoms with Crippen molar-refractivity contribution in [1.29, 1.82) is 0 Å². The van der Waals surface area contributed by atoms with Crippen molar-refractivity contribution in [2.45, 2.75) is 70.8 Å². The summed E-state index contributed by atoms with van der Waals surface area (Å²) in [5, 5.41) is 17.4. The predicted octanol–water partition coefficient (Wildman–Crippen LogP) is 5.40. The van der Waals surface area contributed by atoms with Crippen molar-refractivity contribution >= 4 is 17.8 Å². The van der Waals surface area contributed by atoms with E-state index in [9.17, 15) is 9.59 Å². The Morgan fingerprint density at radius 1 is 1.11 bits per heavy atom. The second kappa shape index (κ2) is 14.2. The second-order valence-electron chi connectivity index (χ2n) is 12.0. The van der Waals surface area contributed by atoms with Gasteiger partial charge in [0, 0.05) is 40.9 Å². The number of rotatable bonds is 9. The number of ether oxygens (including phenoxy) is 4. The van der Waals surface area contributed by atoms with E-state index in [2.05, 4.69) is 25.9 Å². The van der Waals surface area contributed by atoms with Gasteiger partial charge in [-0.3, -0.25) is 9.89 Å². The van der Waals surface area contributed by atoms with Crippen LogP contribution in [0.5, 0.6) is 11.5 Å². The molecule has 1 fully saturated rings. The minimum Gasteiger partial charge on any atom is -0.497 e. The van der Waals surface area contributed by atoms with Crippen molar-refractivity contribution in [2.24, 2.45) is 0 Å². The van der Waals surface area contributed by atoms with Crippen molar-refractivity contribution < 1.29 is 33.4 Å². The molecule has 3 N–H and O–H groups in total. The Morgan fingerprint density at radius 2 is 1.94 bits per heavy atom. The average molecular weight is 645 g/mol. The molecule has 2 amide bonds. The van der Waals surface area contributed by atoms with Crippen molar-refractivity contribution in [2.75, 3.05) is 25.6 Å². The van der Waals surface area contributed by atoms with Gasteiger partial charge in [-0.1, -0.05) is 29.1 Å². The Morgan fingerprint density at radius 3 is 2.72 bits per heavy atom. The van der Waals surface area contributed by atoms with Gasteiger partial charge in [-0.15, -0.1) is 5.10 Å². The number of aromatic nitrogens is 4. The number of nitrogens with zero attached hydrogens (tertiary/aromatic N) is 3. The van der Waals surface area contributed by atoms with E-state index in [-0.39, 0.29) is 36.5 Å². The predicted molar refractivity (Wildman–Crippen MR) is 172 cm³/mol. The summed E-state index contributed by atoms with van der Waals surface area (Å²) >= 11 is 0. The van der Waals surface area contributed by atoms with Gasteiger partial charge in [0.2, 0.25) is 0 Å². The molecule has 13 heteroatoms. The van der Waals surface area contributed by atoms with Crippen LogP contribution in [0.15, 0.2) is 54.6 Å². The molecule has 248 valence electrons. The van der Waals surface area contributed by atoms with E-state index < -0.39 is 12.0 Å². The van der Waals surface area contributed by atoms with Crippen LogP contribution in [0.3, 0.4) is 0 Å². The molecule has 2 aromatic heterocycles. The second-order valence-corrected chi connectivity index (χ2v) is 12.0. The van der Waals surface area contributed by atoms with E-state index in [4.69, 9.17) is 23.8 Å². The Hall–Kier alpha value is -5.04. The number of carbonyl (C=O) groups is 2. The van der Waals surface area contributed by atoms with Gasteiger partial charge in [-0.2, -0.15) is 5.10 Å². The molecule has 1 aliphatic carbocycles. The first-order valence-corrected chi connectivity index (χ1v) is 15.8. The maximum absolute atomic E-state index is 13.4. The third-order valence-electron chi connectivity index (χ3n) is 8.22. The van der Waals surface area contributed by atoms with Gasteiger partial charge in [-0.05, 0) is 63.8 Å². The molecule has 0 spiro atoms. The van der Waals surface area contributed by atoms with Crippen LogP contribution in [0, 0.1) is 0 Å². The smallest absolute Gasteiger partial charge is 0.407 e. The van der Waals surface area contributed by atoms with Gasteiger partial charge in [0.25, 0.3) is 5.91 Å². The largest absolute Gasteiger partial charge is 0.497 e. The molecule has 1 saturated carbocycles. The molecule has 3 atom stereocenters. The maximum atomic E-state index is 13.4. The lowest BCUT2D eigenvalue weighted by molar-refractivity contribution is 0.000247. The molecule has 3 heterocycles. The van der Waals surface area contributed by atoms with E-state index in [1.807, 2.05) is 69.3 Å². The fraction of sp³-hybridized carbons (Fsp3) is 0.412. The summed E-state index contributed by atoms with van der Waals surface area (Å²) < 4.78 is 23.2. The number of hydrogen-bond acceptors (Lipinski definition) is 9. The number of nitrogens with one attached hydrogen (secondary N) is 3.